The molecular formula is C13H14N2O. The van der Waals surface area contributed by atoms with E-state index < -0.39 is 6.10 Å². The van der Waals surface area contributed by atoms with E-state index in [2.05, 4.69) is 4.98 Å². The SMILES string of the molecule is Cc1cncc(C(O)c2ccccc2N)c1. The number of aliphatic hydroxyl groups is 1. The summed E-state index contributed by atoms with van der Waals surface area (Å²) in [6.45, 7) is 1.94. The topological polar surface area (TPSA) is 59.1 Å². The lowest BCUT2D eigenvalue weighted by molar-refractivity contribution is 0.220. The van der Waals surface area contributed by atoms with Crippen molar-refractivity contribution in [2.45, 2.75) is 13.0 Å². The Bertz CT molecular complexity index is 497. The van der Waals surface area contributed by atoms with Crippen LogP contribution in [0.5, 0.6) is 0 Å². The standard InChI is InChI=1S/C13H14N2O/c1-9-6-10(8-15-7-9)13(16)11-4-2-3-5-12(11)14/h2-8,13,16H,14H2,1H3. The first-order chi connectivity index (χ1) is 7.68. The third-order valence-corrected chi connectivity index (χ3v) is 2.50. The molecule has 2 aromatic rings. The highest BCUT2D eigenvalue weighted by Gasteiger charge is 2.13. The first-order valence-corrected chi connectivity index (χ1v) is 5.12. The summed E-state index contributed by atoms with van der Waals surface area (Å²) >= 11 is 0. The lowest BCUT2D eigenvalue weighted by atomic mass is 10.0. The Balaban J connectivity index is 2.39. The summed E-state index contributed by atoms with van der Waals surface area (Å²) in [5.74, 6) is 0. The van der Waals surface area contributed by atoms with Gasteiger partial charge in [0.2, 0.25) is 0 Å². The molecule has 0 aliphatic heterocycles. The third-order valence-electron chi connectivity index (χ3n) is 2.50. The van der Waals surface area contributed by atoms with Gasteiger partial charge in [-0.05, 0) is 18.6 Å². The predicted octanol–water partition coefficient (Wildman–Crippen LogP) is 2.05. The van der Waals surface area contributed by atoms with Gasteiger partial charge in [0.05, 0.1) is 0 Å². The zero-order valence-electron chi connectivity index (χ0n) is 9.09. The molecule has 1 atom stereocenters. The monoisotopic (exact) mass is 214 g/mol. The van der Waals surface area contributed by atoms with E-state index in [9.17, 15) is 5.11 Å². The van der Waals surface area contributed by atoms with Crippen LogP contribution in [0.1, 0.15) is 22.8 Å². The van der Waals surface area contributed by atoms with Crippen molar-refractivity contribution >= 4 is 5.69 Å². The van der Waals surface area contributed by atoms with Crippen molar-refractivity contribution in [3.05, 3.63) is 59.4 Å². The smallest absolute Gasteiger partial charge is 0.108 e. The molecule has 0 aliphatic rings. The molecule has 1 aromatic carbocycles. The van der Waals surface area contributed by atoms with Crippen molar-refractivity contribution in [1.82, 2.24) is 4.98 Å². The summed E-state index contributed by atoms with van der Waals surface area (Å²) in [5.41, 5.74) is 8.91. The Morgan fingerprint density at radius 3 is 2.69 bits per heavy atom. The maximum absolute atomic E-state index is 10.2. The zero-order chi connectivity index (χ0) is 11.5. The van der Waals surface area contributed by atoms with Gasteiger partial charge >= 0.3 is 0 Å². The molecule has 1 aromatic heterocycles. The number of aromatic nitrogens is 1. The fraction of sp³-hybridized carbons (Fsp3) is 0.154. The molecule has 0 amide bonds. The molecule has 0 spiro atoms. The number of hydrogen-bond donors (Lipinski definition) is 2. The second-order valence-corrected chi connectivity index (χ2v) is 3.83. The minimum Gasteiger partial charge on any atom is -0.398 e. The molecule has 1 unspecified atom stereocenters. The molecule has 0 aliphatic carbocycles. The number of nitrogen functional groups attached to an aromatic ring is 1. The number of pyridine rings is 1. The summed E-state index contributed by atoms with van der Waals surface area (Å²) in [6, 6.07) is 9.21. The quantitative estimate of drug-likeness (QED) is 0.752. The van der Waals surface area contributed by atoms with Crippen LogP contribution in [0.4, 0.5) is 5.69 Å². The number of nitrogens with zero attached hydrogens (tertiary/aromatic N) is 1. The van der Waals surface area contributed by atoms with Crippen LogP contribution in [0.3, 0.4) is 0 Å². The van der Waals surface area contributed by atoms with Crippen molar-refractivity contribution in [1.29, 1.82) is 0 Å². The fourth-order valence-corrected chi connectivity index (χ4v) is 1.67. The Hall–Kier alpha value is -1.87. The van der Waals surface area contributed by atoms with Crippen LogP contribution in [0, 0.1) is 6.92 Å². The molecule has 0 fully saturated rings. The largest absolute Gasteiger partial charge is 0.398 e. The van der Waals surface area contributed by atoms with Crippen LogP contribution < -0.4 is 5.73 Å². The molecule has 3 nitrogen and oxygen atoms in total. The third kappa shape index (κ3) is 2.04. The van der Waals surface area contributed by atoms with E-state index in [4.69, 9.17) is 5.73 Å². The molecule has 0 saturated carbocycles. The van der Waals surface area contributed by atoms with Crippen LogP contribution in [0.25, 0.3) is 0 Å². The van der Waals surface area contributed by atoms with E-state index in [1.165, 1.54) is 0 Å². The van der Waals surface area contributed by atoms with Crippen LogP contribution in [-0.2, 0) is 0 Å². The minimum atomic E-state index is -0.714. The van der Waals surface area contributed by atoms with Crippen molar-refractivity contribution in [3.8, 4) is 0 Å². The van der Waals surface area contributed by atoms with Crippen LogP contribution in [0.2, 0.25) is 0 Å². The number of nitrogens with two attached hydrogens (primary N) is 1. The lowest BCUT2D eigenvalue weighted by Gasteiger charge is -2.13. The molecule has 0 radical (unpaired) electrons. The van der Waals surface area contributed by atoms with Gasteiger partial charge in [0.15, 0.2) is 0 Å². The summed E-state index contributed by atoms with van der Waals surface area (Å²) in [4.78, 5) is 4.06. The number of anilines is 1. The highest BCUT2D eigenvalue weighted by molar-refractivity contribution is 5.50. The van der Waals surface area contributed by atoms with Gasteiger partial charge in [-0.1, -0.05) is 24.3 Å². The van der Waals surface area contributed by atoms with Crippen molar-refractivity contribution in [3.63, 3.8) is 0 Å². The average Bonchev–Trinajstić information content (AvgIpc) is 2.29. The normalized spacial score (nSPS) is 12.4. The first-order valence-electron chi connectivity index (χ1n) is 5.12. The maximum Gasteiger partial charge on any atom is 0.108 e. The molecule has 82 valence electrons. The molecular weight excluding hydrogens is 200 g/mol. The van der Waals surface area contributed by atoms with E-state index in [1.54, 1.807) is 18.5 Å². The number of aryl methyl sites for hydroxylation is 1. The van der Waals surface area contributed by atoms with Gasteiger partial charge < -0.3 is 10.8 Å². The van der Waals surface area contributed by atoms with Crippen molar-refractivity contribution < 1.29 is 5.11 Å². The van der Waals surface area contributed by atoms with Gasteiger partial charge in [-0.2, -0.15) is 0 Å². The summed E-state index contributed by atoms with van der Waals surface area (Å²) in [6.07, 6.45) is 2.70. The number of hydrogen-bond acceptors (Lipinski definition) is 3. The Labute approximate surface area is 94.6 Å². The predicted molar refractivity (Wildman–Crippen MR) is 63.9 cm³/mol. The van der Waals surface area contributed by atoms with Crippen molar-refractivity contribution in [2.75, 3.05) is 5.73 Å². The number of aliphatic hydroxyl groups excluding tert-OH is 1. The Kier molecular flexibility index (Phi) is 2.88. The highest BCUT2D eigenvalue weighted by atomic mass is 16.3. The van der Waals surface area contributed by atoms with Gasteiger partial charge in [-0.3, -0.25) is 4.98 Å². The second-order valence-electron chi connectivity index (χ2n) is 3.83. The lowest BCUT2D eigenvalue weighted by Crippen LogP contribution is -2.04. The van der Waals surface area contributed by atoms with Gasteiger partial charge in [-0.15, -0.1) is 0 Å². The average molecular weight is 214 g/mol. The Morgan fingerprint density at radius 1 is 1.25 bits per heavy atom. The van der Waals surface area contributed by atoms with Gasteiger partial charge in [0.1, 0.15) is 6.10 Å². The van der Waals surface area contributed by atoms with Crippen LogP contribution in [0.15, 0.2) is 42.7 Å². The molecule has 16 heavy (non-hydrogen) atoms. The number of para-hydroxylation sites is 1. The molecule has 0 saturated heterocycles. The van der Waals surface area contributed by atoms with E-state index in [1.807, 2.05) is 31.2 Å². The number of rotatable bonds is 2. The first kappa shape index (κ1) is 10.6. The van der Waals surface area contributed by atoms with E-state index in [0.29, 0.717) is 5.69 Å². The summed E-state index contributed by atoms with van der Waals surface area (Å²) in [7, 11) is 0. The number of benzene rings is 1. The van der Waals surface area contributed by atoms with E-state index in [-0.39, 0.29) is 0 Å². The highest BCUT2D eigenvalue weighted by Crippen LogP contribution is 2.26. The zero-order valence-corrected chi connectivity index (χ0v) is 9.09. The summed E-state index contributed by atoms with van der Waals surface area (Å²) in [5, 5.41) is 10.2. The molecule has 2 rings (SSSR count). The Morgan fingerprint density at radius 2 is 2.00 bits per heavy atom. The fourth-order valence-electron chi connectivity index (χ4n) is 1.67. The molecule has 0 bridgehead atoms. The molecule has 1 heterocycles. The van der Waals surface area contributed by atoms with E-state index >= 15 is 0 Å². The van der Waals surface area contributed by atoms with Gasteiger partial charge in [0, 0.05) is 29.2 Å². The molecule has 3 heteroatoms. The minimum absolute atomic E-state index is 0.594. The molecule has 3 N–H and O–H groups in total. The van der Waals surface area contributed by atoms with Crippen LogP contribution in [-0.4, -0.2) is 10.1 Å². The van der Waals surface area contributed by atoms with Crippen molar-refractivity contribution in [2.24, 2.45) is 0 Å². The summed E-state index contributed by atoms with van der Waals surface area (Å²) < 4.78 is 0. The van der Waals surface area contributed by atoms with Gasteiger partial charge in [0.25, 0.3) is 0 Å². The maximum atomic E-state index is 10.2. The van der Waals surface area contributed by atoms with E-state index in [0.717, 1.165) is 16.7 Å². The van der Waals surface area contributed by atoms with Gasteiger partial charge in [-0.25, -0.2) is 0 Å². The van der Waals surface area contributed by atoms with Crippen LogP contribution >= 0.6 is 0 Å². The second kappa shape index (κ2) is 4.33.